The zero-order valence-electron chi connectivity index (χ0n) is 12.5. The molecule has 0 N–H and O–H groups in total. The van der Waals surface area contributed by atoms with Crippen LogP contribution in [0.15, 0.2) is 48.7 Å². The summed E-state index contributed by atoms with van der Waals surface area (Å²) in [4.78, 5) is 8.83. The smallest absolute Gasteiger partial charge is 0.209 e. The number of fused-ring (bicyclic) bond motifs is 1. The lowest BCUT2D eigenvalue weighted by Gasteiger charge is -2.19. The number of nitrogens with zero attached hydrogens (tertiary/aromatic N) is 3. The summed E-state index contributed by atoms with van der Waals surface area (Å²) >= 11 is 0. The van der Waals surface area contributed by atoms with Crippen LogP contribution >= 0.6 is 0 Å². The van der Waals surface area contributed by atoms with Gasteiger partial charge in [-0.3, -0.25) is 4.98 Å². The van der Waals surface area contributed by atoms with Crippen LogP contribution in [0, 0.1) is 6.67 Å². The van der Waals surface area contributed by atoms with Crippen LogP contribution < -0.4 is 9.80 Å². The second-order valence-electron chi connectivity index (χ2n) is 5.35. The summed E-state index contributed by atoms with van der Waals surface area (Å²) in [5.41, 5.74) is 3.54. The summed E-state index contributed by atoms with van der Waals surface area (Å²) in [6.07, 6.45) is 5.55. The molecule has 0 aliphatic carbocycles. The minimum Gasteiger partial charge on any atom is -0.340 e. The SMILES string of the molecule is CCCCCN1[C]N(Cc2ccccn2)c2ccccc21. The van der Waals surface area contributed by atoms with Crippen molar-refractivity contribution in [3.8, 4) is 0 Å². The first kappa shape index (κ1) is 13.9. The number of aromatic nitrogens is 1. The van der Waals surface area contributed by atoms with E-state index in [4.69, 9.17) is 0 Å². The molecule has 0 spiro atoms. The highest BCUT2D eigenvalue weighted by molar-refractivity contribution is 5.78. The molecule has 1 aromatic carbocycles. The van der Waals surface area contributed by atoms with E-state index in [0.29, 0.717) is 0 Å². The highest BCUT2D eigenvalue weighted by atomic mass is 15.4. The van der Waals surface area contributed by atoms with Crippen molar-refractivity contribution in [2.75, 3.05) is 16.3 Å². The Morgan fingerprint density at radius 1 is 0.952 bits per heavy atom. The van der Waals surface area contributed by atoms with E-state index in [9.17, 15) is 0 Å². The monoisotopic (exact) mass is 279 g/mol. The predicted molar refractivity (Wildman–Crippen MR) is 87.0 cm³/mol. The second kappa shape index (κ2) is 6.61. The molecule has 0 saturated carbocycles. The molecule has 2 heterocycles. The van der Waals surface area contributed by atoms with Crippen LogP contribution in [0.1, 0.15) is 31.9 Å². The number of hydrogen-bond acceptors (Lipinski definition) is 3. The topological polar surface area (TPSA) is 19.4 Å². The molecule has 1 aliphatic heterocycles. The van der Waals surface area contributed by atoms with Crippen LogP contribution in [0.2, 0.25) is 0 Å². The Balaban J connectivity index is 1.74. The molecule has 2 aromatic rings. The average molecular weight is 279 g/mol. The summed E-state index contributed by atoms with van der Waals surface area (Å²) in [5.74, 6) is 0. The number of benzene rings is 1. The molecule has 1 aliphatic rings. The molecule has 1 aromatic heterocycles. The minimum absolute atomic E-state index is 0.766. The van der Waals surface area contributed by atoms with Gasteiger partial charge in [-0.1, -0.05) is 38.0 Å². The van der Waals surface area contributed by atoms with Gasteiger partial charge in [0.2, 0.25) is 6.67 Å². The number of pyridine rings is 1. The number of hydrogen-bond donors (Lipinski definition) is 0. The van der Waals surface area contributed by atoms with Crippen LogP contribution in [0.3, 0.4) is 0 Å². The van der Waals surface area contributed by atoms with Gasteiger partial charge < -0.3 is 9.80 Å². The van der Waals surface area contributed by atoms with Crippen molar-refractivity contribution in [3.05, 3.63) is 61.0 Å². The molecular formula is C18H21N3. The Morgan fingerprint density at radius 2 is 1.71 bits per heavy atom. The van der Waals surface area contributed by atoms with Gasteiger partial charge >= 0.3 is 0 Å². The molecule has 108 valence electrons. The predicted octanol–water partition coefficient (Wildman–Crippen LogP) is 4.09. The molecule has 21 heavy (non-hydrogen) atoms. The first-order chi connectivity index (χ1) is 10.4. The highest BCUT2D eigenvalue weighted by Gasteiger charge is 2.26. The van der Waals surface area contributed by atoms with E-state index in [2.05, 4.69) is 58.7 Å². The van der Waals surface area contributed by atoms with E-state index in [1.54, 1.807) is 0 Å². The number of para-hydroxylation sites is 2. The largest absolute Gasteiger partial charge is 0.340 e. The summed E-state index contributed by atoms with van der Waals surface area (Å²) in [7, 11) is 0. The molecule has 0 bridgehead atoms. The Hall–Kier alpha value is -2.03. The van der Waals surface area contributed by atoms with E-state index in [0.717, 1.165) is 18.8 Å². The van der Waals surface area contributed by atoms with Crippen LogP contribution in [0.4, 0.5) is 11.4 Å². The van der Waals surface area contributed by atoms with Crippen molar-refractivity contribution < 1.29 is 0 Å². The Bertz CT molecular complexity index is 568. The van der Waals surface area contributed by atoms with Crippen LogP contribution in [-0.2, 0) is 6.54 Å². The molecule has 0 saturated heterocycles. The Labute approximate surface area is 127 Å². The molecule has 0 fully saturated rings. The van der Waals surface area contributed by atoms with E-state index in [1.807, 2.05) is 18.3 Å². The maximum atomic E-state index is 4.42. The lowest BCUT2D eigenvalue weighted by atomic mass is 10.2. The van der Waals surface area contributed by atoms with Crippen molar-refractivity contribution in [2.24, 2.45) is 0 Å². The summed E-state index contributed by atoms with van der Waals surface area (Å²) in [6, 6.07) is 14.6. The zero-order valence-corrected chi connectivity index (χ0v) is 12.5. The molecule has 3 rings (SSSR count). The molecule has 3 heteroatoms. The van der Waals surface area contributed by atoms with Gasteiger partial charge in [0, 0.05) is 12.7 Å². The fraction of sp³-hybridized carbons (Fsp3) is 0.333. The third-order valence-electron chi connectivity index (χ3n) is 3.74. The van der Waals surface area contributed by atoms with Crippen molar-refractivity contribution in [3.63, 3.8) is 0 Å². The van der Waals surface area contributed by atoms with Gasteiger partial charge in [0.25, 0.3) is 0 Å². The van der Waals surface area contributed by atoms with Crippen molar-refractivity contribution in [1.82, 2.24) is 4.98 Å². The maximum Gasteiger partial charge on any atom is 0.209 e. The van der Waals surface area contributed by atoms with Gasteiger partial charge in [-0.05, 0) is 30.7 Å². The number of anilines is 2. The van der Waals surface area contributed by atoms with Crippen LogP contribution in [0.25, 0.3) is 0 Å². The molecule has 0 amide bonds. The molecule has 3 nitrogen and oxygen atoms in total. The molecule has 2 radical (unpaired) electrons. The van der Waals surface area contributed by atoms with Crippen molar-refractivity contribution in [2.45, 2.75) is 32.7 Å². The van der Waals surface area contributed by atoms with Gasteiger partial charge in [0.05, 0.1) is 23.6 Å². The molecular weight excluding hydrogens is 258 g/mol. The van der Waals surface area contributed by atoms with Gasteiger partial charge in [0.1, 0.15) is 0 Å². The maximum absolute atomic E-state index is 4.42. The van der Waals surface area contributed by atoms with Gasteiger partial charge in [0.15, 0.2) is 0 Å². The summed E-state index contributed by atoms with van der Waals surface area (Å²) in [6.45, 7) is 7.52. The highest BCUT2D eigenvalue weighted by Crippen LogP contribution is 2.38. The van der Waals surface area contributed by atoms with E-state index in [-0.39, 0.29) is 0 Å². The average Bonchev–Trinajstić information content (AvgIpc) is 2.87. The fourth-order valence-electron chi connectivity index (χ4n) is 2.64. The van der Waals surface area contributed by atoms with Crippen LogP contribution in [0.5, 0.6) is 0 Å². The Kier molecular flexibility index (Phi) is 4.39. The third kappa shape index (κ3) is 3.18. The zero-order chi connectivity index (χ0) is 14.5. The summed E-state index contributed by atoms with van der Waals surface area (Å²) < 4.78 is 0. The standard InChI is InChI=1S/C18H21N3/c1-2-3-8-13-20-15-21(14-16-9-6-7-12-19-16)18-11-5-4-10-17(18)20/h4-7,9-12H,2-3,8,13-14H2,1H3. The van der Waals surface area contributed by atoms with Gasteiger partial charge in [-0.15, -0.1) is 0 Å². The van der Waals surface area contributed by atoms with Gasteiger partial charge in [-0.2, -0.15) is 0 Å². The lowest BCUT2D eigenvalue weighted by Crippen LogP contribution is -2.25. The van der Waals surface area contributed by atoms with E-state index in [1.165, 1.54) is 30.6 Å². The summed E-state index contributed by atoms with van der Waals surface area (Å²) in [5, 5.41) is 0. The van der Waals surface area contributed by atoms with E-state index >= 15 is 0 Å². The normalized spacial score (nSPS) is 13.6. The van der Waals surface area contributed by atoms with Gasteiger partial charge in [-0.25, -0.2) is 0 Å². The molecule has 0 atom stereocenters. The number of unbranched alkanes of at least 4 members (excludes halogenated alkanes) is 2. The van der Waals surface area contributed by atoms with Crippen molar-refractivity contribution in [1.29, 1.82) is 0 Å². The second-order valence-corrected chi connectivity index (χ2v) is 5.35. The fourth-order valence-corrected chi connectivity index (χ4v) is 2.64. The lowest BCUT2D eigenvalue weighted by molar-refractivity contribution is 0.700. The van der Waals surface area contributed by atoms with E-state index < -0.39 is 0 Å². The Morgan fingerprint density at radius 3 is 2.43 bits per heavy atom. The third-order valence-corrected chi connectivity index (χ3v) is 3.74. The minimum atomic E-state index is 0.766. The molecule has 0 unspecified atom stereocenters. The first-order valence-corrected chi connectivity index (χ1v) is 7.69. The van der Waals surface area contributed by atoms with Crippen molar-refractivity contribution >= 4 is 11.4 Å². The van der Waals surface area contributed by atoms with Crippen LogP contribution in [-0.4, -0.2) is 11.5 Å². The quantitative estimate of drug-likeness (QED) is 0.742. The number of rotatable bonds is 6. The first-order valence-electron chi connectivity index (χ1n) is 7.69.